The van der Waals surface area contributed by atoms with Gasteiger partial charge in [-0.3, -0.25) is 14.4 Å². The second kappa shape index (κ2) is 8.02. The fourth-order valence-corrected chi connectivity index (χ4v) is 3.63. The van der Waals surface area contributed by atoms with Gasteiger partial charge in [0.05, 0.1) is 32.5 Å². The molecule has 9 nitrogen and oxygen atoms in total. The SMILES string of the molecule is CCCCc1cc2c(c(O)c1OC)C(=O)c1[nH]c(=O)c(OC)c(C(=O)OC)c1C2=O. The number of unbranched alkanes of at least 4 members (excludes halogenated alkanes) is 1. The molecule has 1 aliphatic carbocycles. The molecule has 1 aliphatic rings. The maximum Gasteiger partial charge on any atom is 0.342 e. The van der Waals surface area contributed by atoms with Gasteiger partial charge in [0.1, 0.15) is 11.3 Å². The highest BCUT2D eigenvalue weighted by Crippen LogP contribution is 2.42. The van der Waals surface area contributed by atoms with Gasteiger partial charge in [0.15, 0.2) is 23.0 Å². The summed E-state index contributed by atoms with van der Waals surface area (Å²) in [5.74, 6) is -3.36. The van der Waals surface area contributed by atoms with Crippen molar-refractivity contribution < 1.29 is 33.7 Å². The Morgan fingerprint density at radius 2 is 1.70 bits per heavy atom. The first-order chi connectivity index (χ1) is 14.3. The van der Waals surface area contributed by atoms with Gasteiger partial charge in [0.2, 0.25) is 5.78 Å². The Labute approximate surface area is 171 Å². The number of aromatic amines is 1. The average molecular weight is 415 g/mol. The van der Waals surface area contributed by atoms with Gasteiger partial charge < -0.3 is 24.3 Å². The summed E-state index contributed by atoms with van der Waals surface area (Å²) in [6.07, 6.45) is 2.14. The lowest BCUT2D eigenvalue weighted by atomic mass is 9.82. The van der Waals surface area contributed by atoms with Gasteiger partial charge >= 0.3 is 5.97 Å². The molecule has 0 spiro atoms. The Hall–Kier alpha value is -3.62. The molecule has 0 bridgehead atoms. The molecular formula is C21H21NO8. The number of phenols is 1. The van der Waals surface area contributed by atoms with Gasteiger partial charge in [-0.05, 0) is 24.5 Å². The van der Waals surface area contributed by atoms with E-state index in [1.54, 1.807) is 0 Å². The number of esters is 1. The maximum atomic E-state index is 13.4. The first kappa shape index (κ1) is 21.1. The summed E-state index contributed by atoms with van der Waals surface area (Å²) in [7, 11) is 3.59. The maximum absolute atomic E-state index is 13.4. The Kier molecular flexibility index (Phi) is 5.64. The molecule has 2 N–H and O–H groups in total. The summed E-state index contributed by atoms with van der Waals surface area (Å²) in [6, 6.07) is 1.48. The van der Waals surface area contributed by atoms with E-state index in [0.717, 1.165) is 27.1 Å². The highest BCUT2D eigenvalue weighted by atomic mass is 16.5. The van der Waals surface area contributed by atoms with Gasteiger partial charge in [-0.25, -0.2) is 4.79 Å². The largest absolute Gasteiger partial charge is 0.504 e. The number of nitrogens with one attached hydrogen (secondary N) is 1. The number of hydrogen-bond donors (Lipinski definition) is 2. The molecule has 0 aliphatic heterocycles. The first-order valence-electron chi connectivity index (χ1n) is 9.27. The van der Waals surface area contributed by atoms with Crippen LogP contribution in [0.5, 0.6) is 17.2 Å². The Bertz CT molecular complexity index is 1130. The molecule has 1 aromatic carbocycles. The monoisotopic (exact) mass is 415 g/mol. The zero-order chi connectivity index (χ0) is 22.2. The molecule has 1 aromatic heterocycles. The number of rotatable bonds is 6. The third-order valence-electron chi connectivity index (χ3n) is 5.03. The third kappa shape index (κ3) is 3.02. The number of ether oxygens (including phenoxy) is 3. The number of fused-ring (bicyclic) bond motifs is 2. The van der Waals surface area contributed by atoms with Crippen LogP contribution in [-0.4, -0.2) is 49.0 Å². The normalized spacial score (nSPS) is 12.3. The molecule has 0 saturated heterocycles. The van der Waals surface area contributed by atoms with Crippen molar-refractivity contribution in [3.8, 4) is 17.2 Å². The molecule has 0 unspecified atom stereocenters. The molecule has 0 radical (unpaired) electrons. The van der Waals surface area contributed by atoms with Crippen LogP contribution >= 0.6 is 0 Å². The molecule has 0 amide bonds. The van der Waals surface area contributed by atoms with Crippen molar-refractivity contribution in [2.45, 2.75) is 26.2 Å². The molecule has 3 rings (SSSR count). The van der Waals surface area contributed by atoms with E-state index in [0.29, 0.717) is 12.0 Å². The van der Waals surface area contributed by atoms with Crippen LogP contribution in [0.15, 0.2) is 10.9 Å². The highest BCUT2D eigenvalue weighted by Gasteiger charge is 2.40. The predicted molar refractivity (Wildman–Crippen MR) is 105 cm³/mol. The summed E-state index contributed by atoms with van der Waals surface area (Å²) in [4.78, 5) is 53.5. The van der Waals surface area contributed by atoms with Gasteiger partial charge in [-0.1, -0.05) is 13.3 Å². The van der Waals surface area contributed by atoms with Crippen LogP contribution in [0.25, 0.3) is 0 Å². The minimum atomic E-state index is -0.997. The van der Waals surface area contributed by atoms with Crippen molar-refractivity contribution >= 4 is 17.5 Å². The topological polar surface area (TPSA) is 132 Å². The summed E-state index contributed by atoms with van der Waals surface area (Å²) in [5, 5.41) is 10.7. The Balaban J connectivity index is 2.38. The molecule has 158 valence electrons. The summed E-state index contributed by atoms with van der Waals surface area (Å²) < 4.78 is 15.0. The lowest BCUT2D eigenvalue weighted by Crippen LogP contribution is -2.31. The van der Waals surface area contributed by atoms with Crippen LogP contribution in [0.2, 0.25) is 0 Å². The fraction of sp³-hybridized carbons (Fsp3) is 0.333. The zero-order valence-electron chi connectivity index (χ0n) is 17.0. The van der Waals surface area contributed by atoms with E-state index >= 15 is 0 Å². The molecule has 0 saturated carbocycles. The van der Waals surface area contributed by atoms with E-state index in [2.05, 4.69) is 4.98 Å². The number of phenolic OH excluding ortho intramolecular Hbond substituents is 1. The molecule has 1 heterocycles. The first-order valence-corrected chi connectivity index (χ1v) is 9.27. The molecular weight excluding hydrogens is 394 g/mol. The van der Waals surface area contributed by atoms with E-state index in [4.69, 9.17) is 14.2 Å². The molecule has 2 aromatic rings. The van der Waals surface area contributed by atoms with Crippen LogP contribution in [0, 0.1) is 0 Å². The van der Waals surface area contributed by atoms with E-state index in [-0.39, 0.29) is 22.4 Å². The number of aromatic hydroxyl groups is 1. The second-order valence-electron chi connectivity index (χ2n) is 6.71. The van der Waals surface area contributed by atoms with E-state index in [1.807, 2.05) is 6.92 Å². The number of methoxy groups -OCH3 is 3. The van der Waals surface area contributed by atoms with Crippen LogP contribution in [0.1, 0.15) is 67.7 Å². The number of aryl methyl sites for hydroxylation is 1. The van der Waals surface area contributed by atoms with Gasteiger partial charge in [0.25, 0.3) is 5.56 Å². The van der Waals surface area contributed by atoms with Crippen molar-refractivity contribution in [1.82, 2.24) is 4.98 Å². The standard InChI is InChI=1S/C21H21NO8/c1-5-6-7-9-8-10-11(17(25)18(9)28-2)16(24)14-12(15(10)23)13(21(27)30-4)19(29-3)20(26)22-14/h8,25H,5-7H2,1-4H3,(H,22,26). The van der Waals surface area contributed by atoms with Gasteiger partial charge in [-0.2, -0.15) is 0 Å². The van der Waals surface area contributed by atoms with Crippen LogP contribution < -0.4 is 15.0 Å². The summed E-state index contributed by atoms with van der Waals surface area (Å²) in [5.41, 5.74) is -1.90. The quantitative estimate of drug-likeness (QED) is 0.584. The number of carbonyl (C=O) groups excluding carboxylic acids is 3. The number of pyridine rings is 1. The van der Waals surface area contributed by atoms with Crippen molar-refractivity contribution in [2.24, 2.45) is 0 Å². The van der Waals surface area contributed by atoms with Crippen LogP contribution in [0.4, 0.5) is 0 Å². The van der Waals surface area contributed by atoms with E-state index < -0.39 is 45.9 Å². The fourth-order valence-electron chi connectivity index (χ4n) is 3.63. The second-order valence-corrected chi connectivity index (χ2v) is 6.71. The number of carbonyl (C=O) groups is 3. The van der Waals surface area contributed by atoms with Crippen molar-refractivity contribution in [1.29, 1.82) is 0 Å². The van der Waals surface area contributed by atoms with E-state index in [9.17, 15) is 24.3 Å². The van der Waals surface area contributed by atoms with Crippen molar-refractivity contribution in [2.75, 3.05) is 21.3 Å². The molecule has 0 atom stereocenters. The zero-order valence-corrected chi connectivity index (χ0v) is 17.0. The lowest BCUT2D eigenvalue weighted by Gasteiger charge is -2.23. The third-order valence-corrected chi connectivity index (χ3v) is 5.03. The Morgan fingerprint density at radius 1 is 1.03 bits per heavy atom. The number of hydrogen-bond acceptors (Lipinski definition) is 8. The van der Waals surface area contributed by atoms with Gasteiger partial charge in [0, 0.05) is 5.56 Å². The highest BCUT2D eigenvalue weighted by molar-refractivity contribution is 6.31. The Morgan fingerprint density at radius 3 is 2.27 bits per heavy atom. The predicted octanol–water partition coefficient (Wildman–Crippen LogP) is 2.00. The minimum Gasteiger partial charge on any atom is -0.504 e. The number of aromatic nitrogens is 1. The molecule has 30 heavy (non-hydrogen) atoms. The van der Waals surface area contributed by atoms with Crippen molar-refractivity contribution in [3.63, 3.8) is 0 Å². The lowest BCUT2D eigenvalue weighted by molar-refractivity contribution is 0.0593. The minimum absolute atomic E-state index is 0.0869. The summed E-state index contributed by atoms with van der Waals surface area (Å²) in [6.45, 7) is 1.99. The molecule has 0 fully saturated rings. The average Bonchev–Trinajstić information content (AvgIpc) is 2.74. The number of ketones is 2. The number of H-pyrrole nitrogens is 1. The number of benzene rings is 1. The summed E-state index contributed by atoms with van der Waals surface area (Å²) >= 11 is 0. The van der Waals surface area contributed by atoms with Crippen LogP contribution in [0.3, 0.4) is 0 Å². The smallest absolute Gasteiger partial charge is 0.342 e. The van der Waals surface area contributed by atoms with Crippen LogP contribution in [-0.2, 0) is 11.2 Å². The molecule has 9 heteroatoms. The van der Waals surface area contributed by atoms with E-state index in [1.165, 1.54) is 13.2 Å². The van der Waals surface area contributed by atoms with Crippen molar-refractivity contribution in [3.05, 3.63) is 49.9 Å². The van der Waals surface area contributed by atoms with Gasteiger partial charge in [-0.15, -0.1) is 0 Å².